The Balaban J connectivity index is 2.02. The Bertz CT molecular complexity index is 801. The van der Waals surface area contributed by atoms with Crippen LogP contribution in [0.4, 0.5) is 0 Å². The second-order valence-corrected chi connectivity index (χ2v) is 6.02. The van der Waals surface area contributed by atoms with E-state index in [0.29, 0.717) is 18.5 Å². The van der Waals surface area contributed by atoms with Crippen LogP contribution in [-0.4, -0.2) is 28.8 Å². The zero-order valence-electron chi connectivity index (χ0n) is 13.3. The van der Waals surface area contributed by atoms with Crippen molar-refractivity contribution in [3.63, 3.8) is 0 Å². The van der Waals surface area contributed by atoms with Crippen molar-refractivity contribution in [3.05, 3.63) is 77.9 Å². The number of Topliss-reactive ketones (excluding diaryl/α,β-unsaturated/α-hetero) is 2. The second kappa shape index (κ2) is 6.42. The molecule has 0 heterocycles. The molecule has 2 aliphatic carbocycles. The smallest absolute Gasteiger partial charge is 0.234 e. The Morgan fingerprint density at radius 3 is 2.58 bits per heavy atom. The zero-order chi connectivity index (χ0) is 17.2. The Kier molecular flexibility index (Phi) is 4.32. The number of fused-ring (bicyclic) bond motifs is 1. The third kappa shape index (κ3) is 2.76. The highest BCUT2D eigenvalue weighted by Crippen LogP contribution is 2.34. The Morgan fingerprint density at radius 1 is 1.17 bits per heavy atom. The van der Waals surface area contributed by atoms with Crippen LogP contribution in [0.5, 0.6) is 0 Å². The molecule has 0 aliphatic heterocycles. The van der Waals surface area contributed by atoms with Gasteiger partial charge in [0.15, 0.2) is 0 Å². The molecule has 2 aliphatic rings. The number of ketones is 2. The molecule has 1 aromatic rings. The standard InChI is InChI=1S/C20H19NO3/c1-2-12-21-20(10-6-3-7-11-20)13-16-17(22)14-8-4-5-9-15(14)18(23)19(16)24/h2-10,21-22H,1,11-13H2. The fourth-order valence-corrected chi connectivity index (χ4v) is 3.16. The predicted octanol–water partition coefficient (Wildman–Crippen LogP) is 3.14. The third-order valence-electron chi connectivity index (χ3n) is 4.43. The van der Waals surface area contributed by atoms with Crippen LogP contribution < -0.4 is 5.32 Å². The predicted molar refractivity (Wildman–Crippen MR) is 93.8 cm³/mol. The SMILES string of the molecule is C=CCNC1(CC2=C(O)c3ccccc3C(=O)C2=O)C=CC=CC1. The van der Waals surface area contributed by atoms with Crippen molar-refractivity contribution in [1.29, 1.82) is 0 Å². The summed E-state index contributed by atoms with van der Waals surface area (Å²) in [5, 5.41) is 13.9. The van der Waals surface area contributed by atoms with E-state index in [1.165, 1.54) is 0 Å². The number of rotatable bonds is 5. The molecule has 0 saturated heterocycles. The van der Waals surface area contributed by atoms with Crippen molar-refractivity contribution in [3.8, 4) is 0 Å². The van der Waals surface area contributed by atoms with Gasteiger partial charge in [0.1, 0.15) is 5.76 Å². The highest BCUT2D eigenvalue weighted by Gasteiger charge is 2.37. The van der Waals surface area contributed by atoms with Crippen LogP contribution in [0.25, 0.3) is 5.76 Å². The van der Waals surface area contributed by atoms with Gasteiger partial charge in [-0.05, 0) is 6.42 Å². The third-order valence-corrected chi connectivity index (χ3v) is 4.43. The molecule has 0 aromatic heterocycles. The van der Waals surface area contributed by atoms with E-state index in [4.69, 9.17) is 0 Å². The number of allylic oxidation sites excluding steroid dienone is 2. The van der Waals surface area contributed by atoms with Crippen molar-refractivity contribution in [2.45, 2.75) is 18.4 Å². The lowest BCUT2D eigenvalue weighted by Gasteiger charge is -2.34. The van der Waals surface area contributed by atoms with Crippen LogP contribution in [0.3, 0.4) is 0 Å². The van der Waals surface area contributed by atoms with Crippen LogP contribution in [0.15, 0.2) is 66.8 Å². The fraction of sp³-hybridized carbons (Fsp3) is 0.200. The summed E-state index contributed by atoms with van der Waals surface area (Å²) in [4.78, 5) is 24.9. The number of aliphatic hydroxyl groups excluding tert-OH is 1. The first kappa shape index (κ1) is 16.1. The monoisotopic (exact) mass is 321 g/mol. The lowest BCUT2D eigenvalue weighted by atomic mass is 9.78. The first-order chi connectivity index (χ1) is 11.6. The number of nitrogens with one attached hydrogen (secondary N) is 1. The lowest BCUT2D eigenvalue weighted by molar-refractivity contribution is -0.112. The van der Waals surface area contributed by atoms with E-state index in [1.54, 1.807) is 30.3 Å². The number of hydrogen-bond donors (Lipinski definition) is 2. The van der Waals surface area contributed by atoms with Crippen molar-refractivity contribution in [2.75, 3.05) is 6.54 Å². The average molecular weight is 321 g/mol. The second-order valence-electron chi connectivity index (χ2n) is 6.02. The van der Waals surface area contributed by atoms with E-state index in [0.717, 1.165) is 0 Å². The van der Waals surface area contributed by atoms with E-state index in [2.05, 4.69) is 11.9 Å². The molecule has 1 atom stereocenters. The molecule has 4 nitrogen and oxygen atoms in total. The van der Waals surface area contributed by atoms with Crippen LogP contribution in [0, 0.1) is 0 Å². The summed E-state index contributed by atoms with van der Waals surface area (Å²) in [5.74, 6) is -1.29. The van der Waals surface area contributed by atoms with Gasteiger partial charge < -0.3 is 10.4 Å². The molecular formula is C20H19NO3. The Labute approximate surface area is 140 Å². The molecule has 3 rings (SSSR count). The summed E-state index contributed by atoms with van der Waals surface area (Å²) >= 11 is 0. The van der Waals surface area contributed by atoms with Gasteiger partial charge in [-0.1, -0.05) is 54.6 Å². The maximum absolute atomic E-state index is 12.5. The van der Waals surface area contributed by atoms with E-state index >= 15 is 0 Å². The minimum absolute atomic E-state index is 0.0991. The molecule has 0 bridgehead atoms. The van der Waals surface area contributed by atoms with E-state index in [1.807, 2.05) is 24.3 Å². The maximum atomic E-state index is 12.5. The van der Waals surface area contributed by atoms with Gasteiger partial charge in [0, 0.05) is 35.2 Å². The quantitative estimate of drug-likeness (QED) is 0.646. The first-order valence-electron chi connectivity index (χ1n) is 7.89. The zero-order valence-corrected chi connectivity index (χ0v) is 13.3. The molecule has 0 radical (unpaired) electrons. The van der Waals surface area contributed by atoms with Crippen molar-refractivity contribution in [2.24, 2.45) is 0 Å². The minimum Gasteiger partial charge on any atom is -0.507 e. The topological polar surface area (TPSA) is 66.4 Å². The van der Waals surface area contributed by atoms with E-state index < -0.39 is 17.1 Å². The first-order valence-corrected chi connectivity index (χ1v) is 7.89. The van der Waals surface area contributed by atoms with Crippen molar-refractivity contribution in [1.82, 2.24) is 5.32 Å². The summed E-state index contributed by atoms with van der Waals surface area (Å²) in [5.41, 5.74) is 0.325. The fourth-order valence-electron chi connectivity index (χ4n) is 3.16. The summed E-state index contributed by atoms with van der Waals surface area (Å²) in [7, 11) is 0. The van der Waals surface area contributed by atoms with Crippen LogP contribution in [0.1, 0.15) is 28.8 Å². The van der Waals surface area contributed by atoms with E-state index in [-0.39, 0.29) is 23.3 Å². The molecule has 1 aromatic carbocycles. The molecule has 122 valence electrons. The molecule has 1 unspecified atom stereocenters. The summed E-state index contributed by atoms with van der Waals surface area (Å²) < 4.78 is 0. The van der Waals surface area contributed by atoms with Gasteiger partial charge in [-0.3, -0.25) is 9.59 Å². The van der Waals surface area contributed by atoms with Gasteiger partial charge in [0.25, 0.3) is 0 Å². The molecule has 0 amide bonds. The molecule has 4 heteroatoms. The largest absolute Gasteiger partial charge is 0.507 e. The summed E-state index contributed by atoms with van der Waals surface area (Å²) in [6.07, 6.45) is 10.5. The van der Waals surface area contributed by atoms with Gasteiger partial charge in [-0.15, -0.1) is 6.58 Å². The number of carbonyl (C=O) groups is 2. The van der Waals surface area contributed by atoms with Crippen LogP contribution in [0.2, 0.25) is 0 Å². The molecular weight excluding hydrogens is 302 g/mol. The average Bonchev–Trinajstić information content (AvgIpc) is 2.63. The molecule has 0 saturated carbocycles. The Hall–Kier alpha value is -2.72. The highest BCUT2D eigenvalue weighted by molar-refractivity contribution is 6.52. The minimum atomic E-state index is -0.631. The van der Waals surface area contributed by atoms with Gasteiger partial charge in [0.2, 0.25) is 11.6 Å². The molecule has 2 N–H and O–H groups in total. The normalized spacial score (nSPS) is 22.7. The molecule has 24 heavy (non-hydrogen) atoms. The number of benzene rings is 1. The maximum Gasteiger partial charge on any atom is 0.234 e. The molecule has 0 spiro atoms. The van der Waals surface area contributed by atoms with Gasteiger partial charge in [-0.2, -0.15) is 0 Å². The number of carbonyl (C=O) groups excluding carboxylic acids is 2. The van der Waals surface area contributed by atoms with Crippen LogP contribution >= 0.6 is 0 Å². The van der Waals surface area contributed by atoms with E-state index in [9.17, 15) is 14.7 Å². The summed E-state index contributed by atoms with van der Waals surface area (Å²) in [6, 6.07) is 6.65. The van der Waals surface area contributed by atoms with Gasteiger partial charge in [0.05, 0.1) is 0 Å². The Morgan fingerprint density at radius 2 is 1.92 bits per heavy atom. The van der Waals surface area contributed by atoms with Crippen LogP contribution in [-0.2, 0) is 4.79 Å². The van der Waals surface area contributed by atoms with Crippen molar-refractivity contribution >= 4 is 17.3 Å². The summed E-state index contributed by atoms with van der Waals surface area (Å²) in [6.45, 7) is 4.27. The number of aliphatic hydroxyl groups is 1. The van der Waals surface area contributed by atoms with Gasteiger partial charge >= 0.3 is 0 Å². The number of hydrogen-bond acceptors (Lipinski definition) is 4. The van der Waals surface area contributed by atoms with Gasteiger partial charge in [-0.25, -0.2) is 0 Å². The lowest BCUT2D eigenvalue weighted by Crippen LogP contribution is -2.45. The molecule has 0 fully saturated rings. The van der Waals surface area contributed by atoms with Crippen molar-refractivity contribution < 1.29 is 14.7 Å². The highest BCUT2D eigenvalue weighted by atomic mass is 16.3.